The highest BCUT2D eigenvalue weighted by Crippen LogP contribution is 2.23. The Morgan fingerprint density at radius 2 is 1.94 bits per heavy atom. The average Bonchev–Trinajstić information content (AvgIpc) is 2.27. The summed E-state index contributed by atoms with van der Waals surface area (Å²) in [5, 5.41) is 2.80. The third-order valence-corrected chi connectivity index (χ3v) is 3.01. The third kappa shape index (κ3) is 4.37. The fourth-order valence-corrected chi connectivity index (χ4v) is 2.17. The van der Waals surface area contributed by atoms with Gasteiger partial charge in [0.05, 0.1) is 18.0 Å². The van der Waals surface area contributed by atoms with E-state index in [0.717, 1.165) is 11.8 Å². The highest BCUT2D eigenvalue weighted by molar-refractivity contribution is 7.92. The molecule has 1 rings (SSSR count). The van der Waals surface area contributed by atoms with Crippen LogP contribution in [0.2, 0.25) is 0 Å². The Bertz CT molecular complexity index is 526. The number of carbonyl (C=O) groups is 1. The lowest BCUT2D eigenvalue weighted by Gasteiger charge is -2.18. The maximum absolute atomic E-state index is 11.3. The lowest BCUT2D eigenvalue weighted by molar-refractivity contribution is -0.121. The van der Waals surface area contributed by atoms with Crippen LogP contribution in [0, 0.1) is 0 Å². The number of hydrogen-bond acceptors (Lipinski definition) is 3. The molecule has 0 bridgehead atoms. The minimum absolute atomic E-state index is 0.0725. The molecule has 2 N–H and O–H groups in total. The van der Waals surface area contributed by atoms with Crippen LogP contribution in [0.1, 0.15) is 31.9 Å². The number of para-hydroxylation sites is 1. The van der Waals surface area contributed by atoms with Crippen LogP contribution in [-0.4, -0.2) is 20.6 Å². The van der Waals surface area contributed by atoms with Gasteiger partial charge in [-0.3, -0.25) is 9.52 Å². The molecule has 0 aliphatic heterocycles. The van der Waals surface area contributed by atoms with Gasteiger partial charge in [0.2, 0.25) is 15.9 Å². The molecule has 0 aliphatic rings. The summed E-state index contributed by atoms with van der Waals surface area (Å²) in [4.78, 5) is 11.3. The summed E-state index contributed by atoms with van der Waals surface area (Å²) in [5.41, 5.74) is 1.23. The van der Waals surface area contributed by atoms with E-state index in [2.05, 4.69) is 10.0 Å². The SMILES string of the molecule is CCC(=O)N[C@H](C)c1ccccc1NS(C)(=O)=O. The third-order valence-electron chi connectivity index (χ3n) is 2.42. The second kappa shape index (κ2) is 5.86. The Morgan fingerprint density at radius 1 is 1.33 bits per heavy atom. The van der Waals surface area contributed by atoms with Gasteiger partial charge in [-0.1, -0.05) is 25.1 Å². The van der Waals surface area contributed by atoms with Crippen LogP contribution in [0.3, 0.4) is 0 Å². The van der Waals surface area contributed by atoms with Crippen LogP contribution in [0.5, 0.6) is 0 Å². The molecule has 0 unspecified atom stereocenters. The van der Waals surface area contributed by atoms with Gasteiger partial charge in [0, 0.05) is 6.42 Å². The molecule has 0 saturated carbocycles. The first-order valence-electron chi connectivity index (χ1n) is 5.69. The molecule has 0 fully saturated rings. The Kier molecular flexibility index (Phi) is 4.72. The molecule has 0 spiro atoms. The Labute approximate surface area is 108 Å². The van der Waals surface area contributed by atoms with Crippen molar-refractivity contribution >= 4 is 21.6 Å². The first-order chi connectivity index (χ1) is 8.33. The van der Waals surface area contributed by atoms with Crippen molar-refractivity contribution in [2.24, 2.45) is 0 Å². The highest BCUT2D eigenvalue weighted by atomic mass is 32.2. The molecule has 0 radical (unpaired) electrons. The summed E-state index contributed by atoms with van der Waals surface area (Å²) < 4.78 is 25.0. The highest BCUT2D eigenvalue weighted by Gasteiger charge is 2.14. The van der Waals surface area contributed by atoms with Crippen molar-refractivity contribution in [3.63, 3.8) is 0 Å². The minimum atomic E-state index is -3.33. The summed E-state index contributed by atoms with van der Waals surface area (Å²) in [6.45, 7) is 3.58. The van der Waals surface area contributed by atoms with E-state index in [9.17, 15) is 13.2 Å². The van der Waals surface area contributed by atoms with Gasteiger partial charge in [0.15, 0.2) is 0 Å². The molecule has 0 aromatic heterocycles. The molecule has 100 valence electrons. The van der Waals surface area contributed by atoms with Crippen molar-refractivity contribution < 1.29 is 13.2 Å². The lowest BCUT2D eigenvalue weighted by atomic mass is 10.1. The topological polar surface area (TPSA) is 75.3 Å². The van der Waals surface area contributed by atoms with E-state index in [0.29, 0.717) is 12.1 Å². The lowest BCUT2D eigenvalue weighted by Crippen LogP contribution is -2.26. The monoisotopic (exact) mass is 270 g/mol. The Morgan fingerprint density at radius 3 is 2.50 bits per heavy atom. The molecule has 1 aromatic carbocycles. The van der Waals surface area contributed by atoms with Gasteiger partial charge in [0.1, 0.15) is 0 Å². The minimum Gasteiger partial charge on any atom is -0.350 e. The molecular weight excluding hydrogens is 252 g/mol. The molecule has 18 heavy (non-hydrogen) atoms. The molecule has 5 nitrogen and oxygen atoms in total. The predicted molar refractivity (Wildman–Crippen MR) is 71.8 cm³/mol. The average molecular weight is 270 g/mol. The number of sulfonamides is 1. The Balaban J connectivity index is 2.98. The number of hydrogen-bond donors (Lipinski definition) is 2. The molecular formula is C12H18N2O3S. The van der Waals surface area contributed by atoms with Gasteiger partial charge in [-0.05, 0) is 18.6 Å². The maximum atomic E-state index is 11.3. The number of carbonyl (C=O) groups excluding carboxylic acids is 1. The summed E-state index contributed by atoms with van der Waals surface area (Å²) in [6, 6.07) is 6.75. The normalized spacial score (nSPS) is 12.8. The van der Waals surface area contributed by atoms with Gasteiger partial charge < -0.3 is 5.32 Å². The molecule has 6 heteroatoms. The van der Waals surface area contributed by atoms with E-state index < -0.39 is 10.0 Å². The summed E-state index contributed by atoms with van der Waals surface area (Å²) in [6.07, 6.45) is 1.49. The largest absolute Gasteiger partial charge is 0.350 e. The van der Waals surface area contributed by atoms with E-state index >= 15 is 0 Å². The van der Waals surface area contributed by atoms with Crippen molar-refractivity contribution in [3.8, 4) is 0 Å². The van der Waals surface area contributed by atoms with Crippen molar-refractivity contribution in [1.82, 2.24) is 5.32 Å². The summed E-state index contributed by atoms with van der Waals surface area (Å²) >= 11 is 0. The quantitative estimate of drug-likeness (QED) is 0.854. The standard InChI is InChI=1S/C12H18N2O3S/c1-4-12(15)13-9(2)10-7-5-6-8-11(10)14-18(3,16)17/h5-9,14H,4H2,1-3H3,(H,13,15)/t9-/m1/s1. The number of anilines is 1. The zero-order chi connectivity index (χ0) is 13.8. The zero-order valence-electron chi connectivity index (χ0n) is 10.7. The van der Waals surface area contributed by atoms with E-state index in [1.807, 2.05) is 6.92 Å². The van der Waals surface area contributed by atoms with Gasteiger partial charge in [0.25, 0.3) is 0 Å². The van der Waals surface area contributed by atoms with Crippen LogP contribution in [0.4, 0.5) is 5.69 Å². The van der Waals surface area contributed by atoms with Crippen molar-refractivity contribution in [3.05, 3.63) is 29.8 Å². The van der Waals surface area contributed by atoms with Crippen LogP contribution in [-0.2, 0) is 14.8 Å². The predicted octanol–water partition coefficient (Wildman–Crippen LogP) is 1.65. The first-order valence-corrected chi connectivity index (χ1v) is 7.58. The number of benzene rings is 1. The van der Waals surface area contributed by atoms with E-state index in [1.165, 1.54) is 0 Å². The maximum Gasteiger partial charge on any atom is 0.229 e. The summed E-state index contributed by atoms with van der Waals surface area (Å²) in [7, 11) is -3.33. The number of rotatable bonds is 5. The van der Waals surface area contributed by atoms with Crippen LogP contribution >= 0.6 is 0 Å². The molecule has 0 heterocycles. The molecule has 1 amide bonds. The van der Waals surface area contributed by atoms with Crippen molar-refractivity contribution in [1.29, 1.82) is 0 Å². The van der Waals surface area contributed by atoms with E-state index in [4.69, 9.17) is 0 Å². The van der Waals surface area contributed by atoms with Crippen LogP contribution in [0.25, 0.3) is 0 Å². The summed E-state index contributed by atoms with van der Waals surface area (Å²) in [5.74, 6) is -0.0725. The first kappa shape index (κ1) is 14.5. The van der Waals surface area contributed by atoms with Crippen LogP contribution in [0.15, 0.2) is 24.3 Å². The van der Waals surface area contributed by atoms with Gasteiger partial charge >= 0.3 is 0 Å². The molecule has 0 saturated heterocycles. The van der Waals surface area contributed by atoms with Crippen LogP contribution < -0.4 is 10.0 Å². The van der Waals surface area contributed by atoms with E-state index in [-0.39, 0.29) is 11.9 Å². The van der Waals surface area contributed by atoms with Gasteiger partial charge in [-0.25, -0.2) is 8.42 Å². The fraction of sp³-hybridized carbons (Fsp3) is 0.417. The fourth-order valence-electron chi connectivity index (χ4n) is 1.59. The van der Waals surface area contributed by atoms with Crippen molar-refractivity contribution in [2.75, 3.05) is 11.0 Å². The smallest absolute Gasteiger partial charge is 0.229 e. The number of amides is 1. The number of nitrogens with one attached hydrogen (secondary N) is 2. The second-order valence-corrected chi connectivity index (χ2v) is 5.85. The van der Waals surface area contributed by atoms with Gasteiger partial charge in [-0.2, -0.15) is 0 Å². The molecule has 1 atom stereocenters. The second-order valence-electron chi connectivity index (χ2n) is 4.10. The Hall–Kier alpha value is -1.56. The molecule has 1 aromatic rings. The van der Waals surface area contributed by atoms with Gasteiger partial charge in [-0.15, -0.1) is 0 Å². The van der Waals surface area contributed by atoms with E-state index in [1.54, 1.807) is 31.2 Å². The molecule has 0 aliphatic carbocycles. The van der Waals surface area contributed by atoms with Crippen molar-refractivity contribution in [2.45, 2.75) is 26.3 Å². The zero-order valence-corrected chi connectivity index (χ0v) is 11.5.